The van der Waals surface area contributed by atoms with Crippen molar-refractivity contribution in [2.75, 3.05) is 13.6 Å². The highest BCUT2D eigenvalue weighted by atomic mass is 16.3. The van der Waals surface area contributed by atoms with E-state index in [1.165, 1.54) is 6.21 Å². The third-order valence-electron chi connectivity index (χ3n) is 0.563. The fourth-order valence-corrected chi connectivity index (χ4v) is 0.233. The molecule has 3 nitrogen and oxygen atoms in total. The van der Waals surface area contributed by atoms with E-state index in [0.29, 0.717) is 0 Å². The summed E-state index contributed by atoms with van der Waals surface area (Å²) in [6.45, 7) is 0.247. The minimum Gasteiger partial charge on any atom is -0.386 e. The van der Waals surface area contributed by atoms with Crippen molar-refractivity contribution in [3.8, 4) is 0 Å². The standard InChI is InChI=1S/C4H10N2O/c1-6-3-4(7)2-5/h3-4,7H,2,5H2,1H3/b6-3-. The summed E-state index contributed by atoms with van der Waals surface area (Å²) >= 11 is 0. The van der Waals surface area contributed by atoms with Gasteiger partial charge in [0.15, 0.2) is 0 Å². The van der Waals surface area contributed by atoms with Gasteiger partial charge in [-0.25, -0.2) is 0 Å². The van der Waals surface area contributed by atoms with Crippen LogP contribution < -0.4 is 5.73 Å². The molecule has 0 heterocycles. The summed E-state index contributed by atoms with van der Waals surface area (Å²) in [5.41, 5.74) is 5.02. The fraction of sp³-hybridized carbons (Fsp3) is 0.750. The fourth-order valence-electron chi connectivity index (χ4n) is 0.233. The molecule has 7 heavy (non-hydrogen) atoms. The molecule has 1 unspecified atom stereocenters. The molecule has 0 aliphatic rings. The molecule has 0 aliphatic carbocycles. The van der Waals surface area contributed by atoms with Gasteiger partial charge in [0.05, 0.1) is 0 Å². The van der Waals surface area contributed by atoms with Crippen molar-refractivity contribution in [3.63, 3.8) is 0 Å². The molecule has 0 rings (SSSR count). The van der Waals surface area contributed by atoms with Crippen LogP contribution in [0.5, 0.6) is 0 Å². The van der Waals surface area contributed by atoms with Crippen molar-refractivity contribution in [2.24, 2.45) is 10.7 Å². The maximum atomic E-state index is 8.58. The minimum absolute atomic E-state index is 0.247. The maximum absolute atomic E-state index is 8.58. The zero-order valence-electron chi connectivity index (χ0n) is 4.33. The Morgan fingerprint density at radius 1 is 2.00 bits per heavy atom. The van der Waals surface area contributed by atoms with Gasteiger partial charge in [0.1, 0.15) is 6.10 Å². The maximum Gasteiger partial charge on any atom is 0.101 e. The van der Waals surface area contributed by atoms with Gasteiger partial charge in [0, 0.05) is 19.8 Å². The van der Waals surface area contributed by atoms with Crippen LogP contribution in [0.2, 0.25) is 0 Å². The number of rotatable bonds is 2. The normalized spacial score (nSPS) is 15.3. The number of hydrogen-bond donors (Lipinski definition) is 2. The Labute approximate surface area is 42.9 Å². The topological polar surface area (TPSA) is 58.6 Å². The molecule has 1 atom stereocenters. The highest BCUT2D eigenvalue weighted by Crippen LogP contribution is 1.67. The Bertz CT molecular complexity index is 62.7. The first-order valence-corrected chi connectivity index (χ1v) is 2.11. The van der Waals surface area contributed by atoms with Gasteiger partial charge in [-0.05, 0) is 0 Å². The zero-order chi connectivity index (χ0) is 5.70. The van der Waals surface area contributed by atoms with Gasteiger partial charge >= 0.3 is 0 Å². The van der Waals surface area contributed by atoms with E-state index in [-0.39, 0.29) is 6.54 Å². The Kier molecular flexibility index (Phi) is 3.55. The summed E-state index contributed by atoms with van der Waals surface area (Å²) in [5, 5.41) is 8.58. The molecule has 0 aromatic carbocycles. The summed E-state index contributed by atoms with van der Waals surface area (Å²) in [4.78, 5) is 3.55. The molecular weight excluding hydrogens is 92.1 g/mol. The number of hydrogen-bond acceptors (Lipinski definition) is 3. The van der Waals surface area contributed by atoms with Crippen LogP contribution in [0.4, 0.5) is 0 Å². The molecule has 0 aliphatic heterocycles. The number of aliphatic imine (C=N–C) groups is 1. The van der Waals surface area contributed by atoms with E-state index < -0.39 is 6.10 Å². The van der Waals surface area contributed by atoms with Crippen LogP contribution in [0.1, 0.15) is 0 Å². The summed E-state index contributed by atoms with van der Waals surface area (Å²) in [5.74, 6) is 0. The Morgan fingerprint density at radius 2 is 2.57 bits per heavy atom. The molecule has 0 aromatic heterocycles. The second kappa shape index (κ2) is 3.77. The van der Waals surface area contributed by atoms with Crippen LogP contribution in [0.3, 0.4) is 0 Å². The summed E-state index contributed by atoms with van der Waals surface area (Å²) < 4.78 is 0. The average Bonchev–Trinajstić information content (AvgIpc) is 1.68. The Balaban J connectivity index is 3.16. The molecule has 3 N–H and O–H groups in total. The highest BCUT2D eigenvalue weighted by Gasteiger charge is 1.89. The predicted molar refractivity (Wildman–Crippen MR) is 29.5 cm³/mol. The molecule has 0 bridgehead atoms. The quantitative estimate of drug-likeness (QED) is 0.440. The minimum atomic E-state index is -0.565. The van der Waals surface area contributed by atoms with E-state index in [4.69, 9.17) is 10.8 Å². The lowest BCUT2D eigenvalue weighted by Gasteiger charge is -1.94. The van der Waals surface area contributed by atoms with E-state index in [0.717, 1.165) is 0 Å². The molecule has 0 saturated heterocycles. The SMILES string of the molecule is C/N=C\C(O)CN. The second-order valence-electron chi connectivity index (χ2n) is 1.21. The molecule has 3 heteroatoms. The number of nitrogens with two attached hydrogens (primary N) is 1. The van der Waals surface area contributed by atoms with Crippen LogP contribution in [0.25, 0.3) is 0 Å². The van der Waals surface area contributed by atoms with Crippen molar-refractivity contribution in [2.45, 2.75) is 6.10 Å². The molecule has 0 fully saturated rings. The first-order valence-electron chi connectivity index (χ1n) is 2.11. The summed E-state index contributed by atoms with van der Waals surface area (Å²) in [6.07, 6.45) is 0.838. The van der Waals surface area contributed by atoms with E-state index in [1.807, 2.05) is 0 Å². The van der Waals surface area contributed by atoms with Gasteiger partial charge in [0.2, 0.25) is 0 Å². The van der Waals surface area contributed by atoms with Gasteiger partial charge in [-0.15, -0.1) is 0 Å². The van der Waals surface area contributed by atoms with E-state index in [1.54, 1.807) is 7.05 Å². The van der Waals surface area contributed by atoms with Crippen molar-refractivity contribution < 1.29 is 5.11 Å². The van der Waals surface area contributed by atoms with Crippen molar-refractivity contribution >= 4 is 6.21 Å². The first-order chi connectivity index (χ1) is 3.31. The van der Waals surface area contributed by atoms with Crippen molar-refractivity contribution in [3.05, 3.63) is 0 Å². The second-order valence-corrected chi connectivity index (χ2v) is 1.21. The van der Waals surface area contributed by atoms with Crippen LogP contribution in [0, 0.1) is 0 Å². The Morgan fingerprint density at radius 3 is 2.71 bits per heavy atom. The number of nitrogens with zero attached hydrogens (tertiary/aromatic N) is 1. The van der Waals surface area contributed by atoms with Crippen molar-refractivity contribution in [1.29, 1.82) is 0 Å². The van der Waals surface area contributed by atoms with E-state index in [9.17, 15) is 0 Å². The van der Waals surface area contributed by atoms with Gasteiger partial charge in [0.25, 0.3) is 0 Å². The predicted octanol–water partition coefficient (Wildman–Crippen LogP) is -0.993. The smallest absolute Gasteiger partial charge is 0.101 e. The third kappa shape index (κ3) is 3.42. The Hall–Kier alpha value is -0.410. The first kappa shape index (κ1) is 6.59. The van der Waals surface area contributed by atoms with Crippen LogP contribution >= 0.6 is 0 Å². The molecule has 0 amide bonds. The third-order valence-corrected chi connectivity index (χ3v) is 0.563. The molecule has 0 spiro atoms. The molecular formula is C4H10N2O. The average molecular weight is 102 g/mol. The van der Waals surface area contributed by atoms with Gasteiger partial charge in [-0.2, -0.15) is 0 Å². The largest absolute Gasteiger partial charge is 0.386 e. The monoisotopic (exact) mass is 102 g/mol. The molecule has 0 saturated carbocycles. The van der Waals surface area contributed by atoms with Crippen LogP contribution in [-0.4, -0.2) is 31.0 Å². The van der Waals surface area contributed by atoms with E-state index in [2.05, 4.69) is 4.99 Å². The molecule has 0 aromatic rings. The molecule has 0 radical (unpaired) electrons. The van der Waals surface area contributed by atoms with Crippen molar-refractivity contribution in [1.82, 2.24) is 0 Å². The van der Waals surface area contributed by atoms with Crippen LogP contribution in [0.15, 0.2) is 4.99 Å². The lowest BCUT2D eigenvalue weighted by Crippen LogP contribution is -2.20. The summed E-state index contributed by atoms with van der Waals surface area (Å²) in [7, 11) is 1.60. The highest BCUT2D eigenvalue weighted by molar-refractivity contribution is 5.62. The van der Waals surface area contributed by atoms with Crippen LogP contribution in [-0.2, 0) is 0 Å². The van der Waals surface area contributed by atoms with Gasteiger partial charge in [-0.3, -0.25) is 4.99 Å². The zero-order valence-corrected chi connectivity index (χ0v) is 4.33. The lowest BCUT2D eigenvalue weighted by atomic mass is 10.4. The lowest BCUT2D eigenvalue weighted by molar-refractivity contribution is 0.254. The van der Waals surface area contributed by atoms with Gasteiger partial charge < -0.3 is 10.8 Å². The summed E-state index contributed by atoms with van der Waals surface area (Å²) in [6, 6.07) is 0. The number of aliphatic hydroxyl groups excluding tert-OH is 1. The molecule has 42 valence electrons. The van der Waals surface area contributed by atoms with Gasteiger partial charge in [-0.1, -0.05) is 0 Å². The van der Waals surface area contributed by atoms with E-state index >= 15 is 0 Å². The number of aliphatic hydroxyl groups is 1.